The fourth-order valence-corrected chi connectivity index (χ4v) is 2.62. The standard InChI is InChI=1S/C19H25N3O5/c1-26-13-8-9-14(16(11-13)27-2)18-21-12-15(22-18)19(25)20-10-6-4-3-5-7-17(23)24/h8-9,11-12H,3-7,10H2,1-2H3,(H,20,25)(H,21,22)(H,23,24). The number of amides is 1. The van der Waals surface area contributed by atoms with Crippen LogP contribution in [0.5, 0.6) is 11.5 Å². The summed E-state index contributed by atoms with van der Waals surface area (Å²) in [6.45, 7) is 0.534. The number of aromatic amines is 1. The van der Waals surface area contributed by atoms with Crippen molar-refractivity contribution in [2.24, 2.45) is 0 Å². The molecule has 8 heteroatoms. The van der Waals surface area contributed by atoms with Crippen molar-refractivity contribution in [2.45, 2.75) is 32.1 Å². The van der Waals surface area contributed by atoms with Crippen molar-refractivity contribution in [3.63, 3.8) is 0 Å². The zero-order chi connectivity index (χ0) is 19.6. The lowest BCUT2D eigenvalue weighted by atomic mass is 10.1. The van der Waals surface area contributed by atoms with Gasteiger partial charge in [0.2, 0.25) is 0 Å². The van der Waals surface area contributed by atoms with Gasteiger partial charge in [0, 0.05) is 19.0 Å². The normalized spacial score (nSPS) is 10.4. The molecule has 0 aliphatic rings. The summed E-state index contributed by atoms with van der Waals surface area (Å²) in [7, 11) is 3.14. The Bertz CT molecular complexity index is 772. The first-order chi connectivity index (χ1) is 13.0. The number of rotatable bonds is 11. The maximum Gasteiger partial charge on any atom is 0.303 e. The predicted molar refractivity (Wildman–Crippen MR) is 100 cm³/mol. The molecule has 2 rings (SSSR count). The highest BCUT2D eigenvalue weighted by Gasteiger charge is 2.14. The van der Waals surface area contributed by atoms with E-state index in [1.807, 2.05) is 6.07 Å². The number of carboxylic acids is 1. The average Bonchev–Trinajstić information content (AvgIpc) is 3.16. The van der Waals surface area contributed by atoms with Crippen molar-refractivity contribution in [2.75, 3.05) is 20.8 Å². The average molecular weight is 375 g/mol. The van der Waals surface area contributed by atoms with E-state index in [0.29, 0.717) is 36.0 Å². The van der Waals surface area contributed by atoms with E-state index in [-0.39, 0.29) is 12.3 Å². The Hall–Kier alpha value is -3.03. The van der Waals surface area contributed by atoms with Gasteiger partial charge in [0.25, 0.3) is 5.91 Å². The number of aliphatic carboxylic acids is 1. The van der Waals surface area contributed by atoms with Crippen molar-refractivity contribution in [1.29, 1.82) is 0 Å². The summed E-state index contributed by atoms with van der Waals surface area (Å²) in [6.07, 6.45) is 4.87. The van der Waals surface area contributed by atoms with Crippen LogP contribution >= 0.6 is 0 Å². The Morgan fingerprint density at radius 1 is 1.15 bits per heavy atom. The van der Waals surface area contributed by atoms with Crippen LogP contribution in [0.2, 0.25) is 0 Å². The number of unbranched alkanes of at least 4 members (excludes halogenated alkanes) is 3. The van der Waals surface area contributed by atoms with Gasteiger partial charge < -0.3 is 24.9 Å². The van der Waals surface area contributed by atoms with Gasteiger partial charge in [0.1, 0.15) is 23.0 Å². The lowest BCUT2D eigenvalue weighted by Gasteiger charge is -2.08. The molecule has 2 aromatic rings. The first-order valence-electron chi connectivity index (χ1n) is 8.82. The van der Waals surface area contributed by atoms with Crippen LogP contribution in [0.3, 0.4) is 0 Å². The number of hydrogen-bond donors (Lipinski definition) is 3. The van der Waals surface area contributed by atoms with Gasteiger partial charge in [-0.25, -0.2) is 4.98 Å². The quantitative estimate of drug-likeness (QED) is 0.521. The van der Waals surface area contributed by atoms with E-state index in [0.717, 1.165) is 24.8 Å². The van der Waals surface area contributed by atoms with Gasteiger partial charge in [0.05, 0.1) is 26.0 Å². The van der Waals surface area contributed by atoms with Gasteiger partial charge >= 0.3 is 5.97 Å². The van der Waals surface area contributed by atoms with E-state index in [1.54, 1.807) is 26.4 Å². The molecule has 1 aromatic heterocycles. The van der Waals surface area contributed by atoms with Crippen LogP contribution in [-0.2, 0) is 4.79 Å². The van der Waals surface area contributed by atoms with Gasteiger partial charge in [-0.1, -0.05) is 12.8 Å². The number of H-pyrrole nitrogens is 1. The van der Waals surface area contributed by atoms with E-state index >= 15 is 0 Å². The number of nitrogens with zero attached hydrogens (tertiary/aromatic N) is 1. The maximum atomic E-state index is 12.2. The van der Waals surface area contributed by atoms with Crippen LogP contribution in [0.25, 0.3) is 11.4 Å². The molecule has 0 radical (unpaired) electrons. The fourth-order valence-electron chi connectivity index (χ4n) is 2.62. The Balaban J connectivity index is 1.86. The third-order valence-electron chi connectivity index (χ3n) is 4.09. The van der Waals surface area contributed by atoms with Gasteiger partial charge in [-0.15, -0.1) is 0 Å². The predicted octanol–water partition coefficient (Wildman–Crippen LogP) is 2.86. The lowest BCUT2D eigenvalue weighted by Crippen LogP contribution is -2.24. The first-order valence-corrected chi connectivity index (χ1v) is 8.82. The molecule has 1 amide bonds. The van der Waals surface area contributed by atoms with Gasteiger partial charge in [0.15, 0.2) is 0 Å². The van der Waals surface area contributed by atoms with Crippen LogP contribution in [0.1, 0.15) is 42.6 Å². The van der Waals surface area contributed by atoms with Gasteiger partial charge in [-0.3, -0.25) is 9.59 Å². The minimum atomic E-state index is -0.771. The summed E-state index contributed by atoms with van der Waals surface area (Å²) in [4.78, 5) is 29.9. The summed E-state index contributed by atoms with van der Waals surface area (Å²) in [5.41, 5.74) is 1.10. The van der Waals surface area contributed by atoms with Crippen LogP contribution in [0, 0.1) is 0 Å². The Morgan fingerprint density at radius 3 is 2.63 bits per heavy atom. The second-order valence-electron chi connectivity index (χ2n) is 6.03. The van der Waals surface area contributed by atoms with Crippen molar-refractivity contribution in [3.8, 4) is 22.9 Å². The summed E-state index contributed by atoms with van der Waals surface area (Å²) in [6, 6.07) is 5.36. The Morgan fingerprint density at radius 2 is 1.93 bits per heavy atom. The van der Waals surface area contributed by atoms with Gasteiger partial charge in [-0.2, -0.15) is 0 Å². The largest absolute Gasteiger partial charge is 0.497 e. The number of imidazole rings is 1. The number of carbonyl (C=O) groups excluding carboxylic acids is 1. The molecular weight excluding hydrogens is 350 g/mol. The highest BCUT2D eigenvalue weighted by Crippen LogP contribution is 2.31. The molecule has 0 saturated heterocycles. The third-order valence-corrected chi connectivity index (χ3v) is 4.09. The molecule has 0 fully saturated rings. The van der Waals surface area contributed by atoms with E-state index in [2.05, 4.69) is 15.3 Å². The molecule has 0 atom stereocenters. The molecule has 8 nitrogen and oxygen atoms in total. The first kappa shape index (κ1) is 20.3. The molecular formula is C19H25N3O5. The minimum absolute atomic E-state index is 0.193. The monoisotopic (exact) mass is 375 g/mol. The smallest absolute Gasteiger partial charge is 0.303 e. The lowest BCUT2D eigenvalue weighted by molar-refractivity contribution is -0.137. The van der Waals surface area contributed by atoms with E-state index in [1.165, 1.54) is 6.20 Å². The summed E-state index contributed by atoms with van der Waals surface area (Å²) in [5, 5.41) is 11.4. The number of nitrogens with one attached hydrogen (secondary N) is 2. The molecule has 146 valence electrons. The molecule has 1 heterocycles. The molecule has 27 heavy (non-hydrogen) atoms. The zero-order valence-electron chi connectivity index (χ0n) is 15.6. The molecule has 0 spiro atoms. The van der Waals surface area contributed by atoms with Crippen LogP contribution in [0.4, 0.5) is 0 Å². The Kier molecular flexibility index (Phi) is 7.66. The number of hydrogen-bond acceptors (Lipinski definition) is 5. The summed E-state index contributed by atoms with van der Waals surface area (Å²) >= 11 is 0. The van der Waals surface area contributed by atoms with Crippen molar-refractivity contribution >= 4 is 11.9 Å². The molecule has 0 bridgehead atoms. The molecule has 3 N–H and O–H groups in total. The molecule has 0 aliphatic heterocycles. The number of ether oxygens (including phenoxy) is 2. The summed E-state index contributed by atoms with van der Waals surface area (Å²) in [5.74, 6) is 0.799. The highest BCUT2D eigenvalue weighted by atomic mass is 16.5. The summed E-state index contributed by atoms with van der Waals surface area (Å²) < 4.78 is 10.5. The van der Waals surface area contributed by atoms with E-state index < -0.39 is 5.97 Å². The second kappa shape index (κ2) is 10.2. The molecule has 1 aromatic carbocycles. The van der Waals surface area contributed by atoms with Crippen molar-refractivity contribution < 1.29 is 24.2 Å². The van der Waals surface area contributed by atoms with Crippen LogP contribution < -0.4 is 14.8 Å². The highest BCUT2D eigenvalue weighted by molar-refractivity contribution is 5.92. The van der Waals surface area contributed by atoms with E-state index in [9.17, 15) is 9.59 Å². The fraction of sp³-hybridized carbons (Fsp3) is 0.421. The number of methoxy groups -OCH3 is 2. The number of carboxylic acid groups (broad SMARTS) is 1. The number of carbonyl (C=O) groups is 2. The molecule has 0 aliphatic carbocycles. The maximum absolute atomic E-state index is 12.2. The third kappa shape index (κ3) is 6.02. The van der Waals surface area contributed by atoms with Crippen LogP contribution in [0.15, 0.2) is 24.4 Å². The minimum Gasteiger partial charge on any atom is -0.497 e. The van der Waals surface area contributed by atoms with Crippen LogP contribution in [-0.4, -0.2) is 47.7 Å². The van der Waals surface area contributed by atoms with Crippen molar-refractivity contribution in [1.82, 2.24) is 15.3 Å². The molecule has 0 unspecified atom stereocenters. The van der Waals surface area contributed by atoms with Crippen molar-refractivity contribution in [3.05, 3.63) is 30.1 Å². The zero-order valence-corrected chi connectivity index (χ0v) is 15.6. The second-order valence-corrected chi connectivity index (χ2v) is 6.03. The van der Waals surface area contributed by atoms with Gasteiger partial charge in [-0.05, 0) is 25.0 Å². The number of aromatic nitrogens is 2. The SMILES string of the molecule is COc1ccc(-c2ncc(C(=O)NCCCCCCC(=O)O)[nH]2)c(OC)c1. The number of benzene rings is 1. The molecule has 0 saturated carbocycles. The van der Waals surface area contributed by atoms with E-state index in [4.69, 9.17) is 14.6 Å². The topological polar surface area (TPSA) is 114 Å². The Labute approximate surface area is 157 Å².